The lowest BCUT2D eigenvalue weighted by atomic mass is 10.2. The SMILES string of the molecule is Cc1c(N)cc(Cl)cc1S(=O)(=O)NCCC(C)S(C)=O. The maximum absolute atomic E-state index is 12.2. The number of nitrogens with two attached hydrogens (primary N) is 1. The molecule has 0 aromatic heterocycles. The number of hydrogen-bond acceptors (Lipinski definition) is 4. The molecule has 1 aromatic carbocycles. The van der Waals surface area contributed by atoms with Crippen molar-refractivity contribution in [3.63, 3.8) is 0 Å². The summed E-state index contributed by atoms with van der Waals surface area (Å²) in [5.41, 5.74) is 6.52. The number of nitrogen functional groups attached to an aromatic ring is 1. The van der Waals surface area contributed by atoms with E-state index in [1.54, 1.807) is 13.2 Å². The molecule has 0 aliphatic carbocycles. The predicted molar refractivity (Wildman–Crippen MR) is 83.9 cm³/mol. The summed E-state index contributed by atoms with van der Waals surface area (Å²) in [4.78, 5) is 0.0766. The van der Waals surface area contributed by atoms with Crippen molar-refractivity contribution in [3.8, 4) is 0 Å². The summed E-state index contributed by atoms with van der Waals surface area (Å²) in [6.45, 7) is 3.66. The number of halogens is 1. The fraction of sp³-hybridized carbons (Fsp3) is 0.500. The molecule has 0 saturated heterocycles. The van der Waals surface area contributed by atoms with Gasteiger partial charge >= 0.3 is 0 Å². The van der Waals surface area contributed by atoms with Gasteiger partial charge in [-0.05, 0) is 31.0 Å². The summed E-state index contributed by atoms with van der Waals surface area (Å²) in [7, 11) is -4.64. The maximum Gasteiger partial charge on any atom is 0.240 e. The Labute approximate surface area is 127 Å². The van der Waals surface area contributed by atoms with E-state index in [-0.39, 0.29) is 21.7 Å². The van der Waals surface area contributed by atoms with Gasteiger partial charge in [0.05, 0.1) is 4.90 Å². The Morgan fingerprint density at radius 1 is 1.45 bits per heavy atom. The molecule has 1 aromatic rings. The minimum absolute atomic E-state index is 0.0665. The molecular weight excluding hydrogens is 320 g/mol. The molecule has 0 aliphatic rings. The molecule has 0 radical (unpaired) electrons. The van der Waals surface area contributed by atoms with E-state index in [1.165, 1.54) is 12.1 Å². The van der Waals surface area contributed by atoms with Crippen molar-refractivity contribution < 1.29 is 12.6 Å². The molecule has 8 heteroatoms. The van der Waals surface area contributed by atoms with E-state index < -0.39 is 20.8 Å². The van der Waals surface area contributed by atoms with Crippen LogP contribution >= 0.6 is 11.6 Å². The summed E-state index contributed by atoms with van der Waals surface area (Å²) in [5.74, 6) is 0. The van der Waals surface area contributed by atoms with Gasteiger partial charge in [0.25, 0.3) is 0 Å². The highest BCUT2D eigenvalue weighted by atomic mass is 35.5. The largest absolute Gasteiger partial charge is 0.398 e. The molecule has 5 nitrogen and oxygen atoms in total. The number of rotatable bonds is 6. The molecule has 0 amide bonds. The molecule has 3 N–H and O–H groups in total. The van der Waals surface area contributed by atoms with E-state index in [2.05, 4.69) is 4.72 Å². The lowest BCUT2D eigenvalue weighted by Crippen LogP contribution is -2.28. The average Bonchev–Trinajstić information content (AvgIpc) is 2.33. The minimum atomic E-state index is -3.67. The number of nitrogens with one attached hydrogen (secondary N) is 1. The first kappa shape index (κ1) is 17.4. The molecular formula is C12H19ClN2O3S2. The van der Waals surface area contributed by atoms with Gasteiger partial charge in [-0.15, -0.1) is 0 Å². The Morgan fingerprint density at radius 2 is 2.05 bits per heavy atom. The quantitative estimate of drug-likeness (QED) is 0.772. The molecule has 0 fully saturated rings. The Hall–Kier alpha value is -0.630. The molecule has 0 spiro atoms. The summed E-state index contributed by atoms with van der Waals surface area (Å²) in [6, 6.07) is 2.88. The third-order valence-electron chi connectivity index (χ3n) is 3.06. The van der Waals surface area contributed by atoms with Gasteiger partial charge in [0.2, 0.25) is 10.0 Å². The highest BCUT2D eigenvalue weighted by molar-refractivity contribution is 7.89. The van der Waals surface area contributed by atoms with Gasteiger partial charge in [0.1, 0.15) is 0 Å². The van der Waals surface area contributed by atoms with Crippen LogP contribution in [-0.4, -0.2) is 30.7 Å². The van der Waals surface area contributed by atoms with Crippen molar-refractivity contribution in [2.45, 2.75) is 30.4 Å². The van der Waals surface area contributed by atoms with Crippen molar-refractivity contribution in [2.75, 3.05) is 18.5 Å². The zero-order valence-corrected chi connectivity index (χ0v) is 14.0. The van der Waals surface area contributed by atoms with Crippen molar-refractivity contribution in [1.29, 1.82) is 0 Å². The van der Waals surface area contributed by atoms with Crippen LogP contribution in [-0.2, 0) is 20.8 Å². The van der Waals surface area contributed by atoms with Crippen LogP contribution in [0.5, 0.6) is 0 Å². The standard InChI is InChI=1S/C12H19ClN2O3S2/c1-8(19(3)16)4-5-15-20(17,18)12-7-10(13)6-11(14)9(12)2/h6-8,15H,4-5,14H2,1-3H3. The lowest BCUT2D eigenvalue weighted by Gasteiger charge is -2.13. The van der Waals surface area contributed by atoms with E-state index in [0.29, 0.717) is 17.7 Å². The number of anilines is 1. The second-order valence-electron chi connectivity index (χ2n) is 4.61. The van der Waals surface area contributed by atoms with E-state index >= 15 is 0 Å². The summed E-state index contributed by atoms with van der Waals surface area (Å²) >= 11 is 5.84. The topological polar surface area (TPSA) is 89.3 Å². The van der Waals surface area contributed by atoms with Crippen LogP contribution in [0.1, 0.15) is 18.9 Å². The molecule has 114 valence electrons. The smallest absolute Gasteiger partial charge is 0.240 e. The van der Waals surface area contributed by atoms with Crippen LogP contribution in [0.25, 0.3) is 0 Å². The maximum atomic E-state index is 12.2. The monoisotopic (exact) mass is 338 g/mol. The minimum Gasteiger partial charge on any atom is -0.398 e. The summed E-state index contributed by atoms with van der Waals surface area (Å²) in [6.07, 6.45) is 2.10. The Kier molecular flexibility index (Phi) is 6.00. The second kappa shape index (κ2) is 6.89. The Bertz CT molecular complexity index is 617. The van der Waals surface area contributed by atoms with Crippen LogP contribution in [0.2, 0.25) is 5.02 Å². The van der Waals surface area contributed by atoms with E-state index in [0.717, 1.165) is 0 Å². The van der Waals surface area contributed by atoms with Crippen LogP contribution in [0.15, 0.2) is 17.0 Å². The fourth-order valence-corrected chi connectivity index (χ4v) is 3.68. The molecule has 0 bridgehead atoms. The Morgan fingerprint density at radius 3 is 2.60 bits per heavy atom. The third kappa shape index (κ3) is 4.44. The van der Waals surface area contributed by atoms with E-state index in [4.69, 9.17) is 17.3 Å². The predicted octanol–water partition coefficient (Wildman–Crippen LogP) is 1.67. The first-order valence-electron chi connectivity index (χ1n) is 6.02. The van der Waals surface area contributed by atoms with Crippen LogP contribution in [0, 0.1) is 6.92 Å². The second-order valence-corrected chi connectivity index (χ2v) is 8.59. The van der Waals surface area contributed by atoms with Crippen molar-refractivity contribution in [1.82, 2.24) is 4.72 Å². The zero-order valence-electron chi connectivity index (χ0n) is 11.6. The molecule has 2 atom stereocenters. The average molecular weight is 339 g/mol. The van der Waals surface area contributed by atoms with Gasteiger partial charge in [0.15, 0.2) is 0 Å². The fourth-order valence-electron chi connectivity index (χ4n) is 1.59. The van der Waals surface area contributed by atoms with Crippen LogP contribution < -0.4 is 10.5 Å². The van der Waals surface area contributed by atoms with Crippen molar-refractivity contribution in [2.24, 2.45) is 0 Å². The summed E-state index contributed by atoms with van der Waals surface area (Å²) < 4.78 is 38.1. The first-order chi connectivity index (χ1) is 9.15. The highest BCUT2D eigenvalue weighted by Gasteiger charge is 2.19. The summed E-state index contributed by atoms with van der Waals surface area (Å²) in [5, 5.41) is 0.208. The molecule has 0 saturated carbocycles. The molecule has 1 rings (SSSR count). The van der Waals surface area contributed by atoms with Gasteiger partial charge in [-0.3, -0.25) is 4.21 Å². The zero-order chi connectivity index (χ0) is 15.5. The van der Waals surface area contributed by atoms with Crippen molar-refractivity contribution in [3.05, 3.63) is 22.7 Å². The van der Waals surface area contributed by atoms with Crippen LogP contribution in [0.4, 0.5) is 5.69 Å². The van der Waals surface area contributed by atoms with Crippen molar-refractivity contribution >= 4 is 38.1 Å². The Balaban J connectivity index is 2.87. The number of hydrogen-bond donors (Lipinski definition) is 2. The van der Waals surface area contributed by atoms with Gasteiger partial charge in [-0.25, -0.2) is 13.1 Å². The van der Waals surface area contributed by atoms with E-state index in [1.807, 2.05) is 6.92 Å². The molecule has 0 heterocycles. The van der Waals surface area contributed by atoms with Gasteiger partial charge in [0, 0.05) is 39.6 Å². The molecule has 20 heavy (non-hydrogen) atoms. The normalized spacial score (nSPS) is 15.0. The molecule has 0 aliphatic heterocycles. The molecule has 2 unspecified atom stereocenters. The first-order valence-corrected chi connectivity index (χ1v) is 9.51. The van der Waals surface area contributed by atoms with Crippen LogP contribution in [0.3, 0.4) is 0 Å². The van der Waals surface area contributed by atoms with Gasteiger partial charge in [-0.1, -0.05) is 18.5 Å². The van der Waals surface area contributed by atoms with Gasteiger partial charge in [-0.2, -0.15) is 0 Å². The van der Waals surface area contributed by atoms with E-state index in [9.17, 15) is 12.6 Å². The van der Waals surface area contributed by atoms with Gasteiger partial charge < -0.3 is 5.73 Å². The highest BCUT2D eigenvalue weighted by Crippen LogP contribution is 2.25. The lowest BCUT2D eigenvalue weighted by molar-refractivity contribution is 0.577. The third-order valence-corrected chi connectivity index (χ3v) is 6.24. The number of benzene rings is 1. The number of sulfonamides is 1.